The summed E-state index contributed by atoms with van der Waals surface area (Å²) in [4.78, 5) is 23.3. The van der Waals surface area contributed by atoms with Crippen LogP contribution in [0.5, 0.6) is 5.75 Å². The first kappa shape index (κ1) is 15.4. The van der Waals surface area contributed by atoms with Crippen LogP contribution in [0.3, 0.4) is 0 Å². The Bertz CT molecular complexity index is 686. The van der Waals surface area contributed by atoms with E-state index in [0.717, 1.165) is 0 Å². The summed E-state index contributed by atoms with van der Waals surface area (Å²) < 4.78 is 5.16. The summed E-state index contributed by atoms with van der Waals surface area (Å²) in [6, 6.07) is 13.9. The average Bonchev–Trinajstić information content (AvgIpc) is 2.53. The molecule has 114 valence electrons. The fraction of sp³-hybridized carbons (Fsp3) is 0.125. The first-order valence-corrected chi connectivity index (χ1v) is 6.67. The van der Waals surface area contributed by atoms with Crippen LogP contribution in [0.4, 0.5) is 11.4 Å². The summed E-state index contributed by atoms with van der Waals surface area (Å²) in [6.07, 6.45) is 0. The molecule has 0 fully saturated rings. The fourth-order valence-electron chi connectivity index (χ4n) is 1.97. The van der Waals surface area contributed by atoms with E-state index in [2.05, 4.69) is 10.6 Å². The van der Waals surface area contributed by atoms with Crippen molar-refractivity contribution in [3.8, 4) is 5.75 Å². The highest BCUT2D eigenvalue weighted by atomic mass is 16.5. The molecule has 22 heavy (non-hydrogen) atoms. The van der Waals surface area contributed by atoms with Crippen LogP contribution in [0.1, 0.15) is 10.4 Å². The number of hydrogen-bond donors (Lipinski definition) is 3. The van der Waals surface area contributed by atoms with E-state index in [1.807, 2.05) is 6.07 Å². The zero-order valence-corrected chi connectivity index (χ0v) is 12.1. The van der Waals surface area contributed by atoms with Crippen LogP contribution >= 0.6 is 0 Å². The molecule has 0 radical (unpaired) electrons. The van der Waals surface area contributed by atoms with E-state index < -0.39 is 5.91 Å². The van der Waals surface area contributed by atoms with Crippen molar-refractivity contribution >= 4 is 23.2 Å². The normalized spacial score (nSPS) is 9.86. The van der Waals surface area contributed by atoms with Gasteiger partial charge in [0.1, 0.15) is 5.75 Å². The number of rotatable bonds is 6. The summed E-state index contributed by atoms with van der Waals surface area (Å²) >= 11 is 0. The van der Waals surface area contributed by atoms with Gasteiger partial charge in [-0.25, -0.2) is 0 Å². The third-order valence-electron chi connectivity index (χ3n) is 3.01. The number of carbonyl (C=O) groups excluding carboxylic acids is 2. The molecule has 6 heteroatoms. The van der Waals surface area contributed by atoms with Crippen molar-refractivity contribution < 1.29 is 14.3 Å². The van der Waals surface area contributed by atoms with Gasteiger partial charge in [-0.3, -0.25) is 9.59 Å². The van der Waals surface area contributed by atoms with Gasteiger partial charge in [0.05, 0.1) is 24.9 Å². The SMILES string of the molecule is COc1ccccc1NC(=O)CNc1ccccc1C(N)=O. The number of hydrogen-bond acceptors (Lipinski definition) is 4. The maximum Gasteiger partial charge on any atom is 0.250 e. The number of primary amides is 1. The topological polar surface area (TPSA) is 93.4 Å². The van der Waals surface area contributed by atoms with Gasteiger partial charge in [0.2, 0.25) is 5.91 Å². The molecule has 0 aromatic heterocycles. The van der Waals surface area contributed by atoms with Gasteiger partial charge >= 0.3 is 0 Å². The van der Waals surface area contributed by atoms with Crippen molar-refractivity contribution in [2.75, 3.05) is 24.3 Å². The van der Waals surface area contributed by atoms with Crippen molar-refractivity contribution in [3.63, 3.8) is 0 Å². The molecule has 4 N–H and O–H groups in total. The van der Waals surface area contributed by atoms with Crippen LogP contribution in [-0.4, -0.2) is 25.5 Å². The molecule has 0 aliphatic rings. The molecule has 0 saturated heterocycles. The first-order valence-electron chi connectivity index (χ1n) is 6.67. The molecule has 0 aliphatic heterocycles. The van der Waals surface area contributed by atoms with E-state index >= 15 is 0 Å². The molecular weight excluding hydrogens is 282 g/mol. The lowest BCUT2D eigenvalue weighted by molar-refractivity contribution is -0.114. The molecule has 2 rings (SSSR count). The molecule has 0 saturated carbocycles. The van der Waals surface area contributed by atoms with Crippen LogP contribution in [0, 0.1) is 0 Å². The summed E-state index contributed by atoms with van der Waals surface area (Å²) in [6.45, 7) is 0.00232. The second kappa shape index (κ2) is 7.12. The lowest BCUT2D eigenvalue weighted by Gasteiger charge is -2.12. The standard InChI is InChI=1S/C16H17N3O3/c1-22-14-9-5-4-8-13(14)19-15(20)10-18-12-7-3-2-6-11(12)16(17)21/h2-9,18H,10H2,1H3,(H2,17,21)(H,19,20). The Labute approximate surface area is 128 Å². The van der Waals surface area contributed by atoms with Crippen molar-refractivity contribution in [2.45, 2.75) is 0 Å². The van der Waals surface area contributed by atoms with E-state index in [1.54, 1.807) is 42.5 Å². The Morgan fingerprint density at radius 2 is 1.68 bits per heavy atom. The van der Waals surface area contributed by atoms with Gasteiger partial charge in [0, 0.05) is 5.69 Å². The molecular formula is C16H17N3O3. The van der Waals surface area contributed by atoms with Gasteiger partial charge in [-0.15, -0.1) is 0 Å². The summed E-state index contributed by atoms with van der Waals surface area (Å²) in [7, 11) is 1.53. The highest BCUT2D eigenvalue weighted by Gasteiger charge is 2.10. The van der Waals surface area contributed by atoms with E-state index in [1.165, 1.54) is 7.11 Å². The van der Waals surface area contributed by atoms with Gasteiger partial charge in [0.15, 0.2) is 0 Å². The Morgan fingerprint density at radius 3 is 2.36 bits per heavy atom. The van der Waals surface area contributed by atoms with Gasteiger partial charge in [-0.1, -0.05) is 24.3 Å². The molecule has 0 spiro atoms. The van der Waals surface area contributed by atoms with Crippen LogP contribution in [0.2, 0.25) is 0 Å². The Kier molecular flexibility index (Phi) is 4.98. The van der Waals surface area contributed by atoms with E-state index in [-0.39, 0.29) is 12.5 Å². The predicted molar refractivity (Wildman–Crippen MR) is 85.1 cm³/mol. The minimum absolute atomic E-state index is 0.00232. The number of nitrogens with two attached hydrogens (primary N) is 1. The molecule has 0 aliphatic carbocycles. The number of ether oxygens (including phenoxy) is 1. The molecule has 2 amide bonds. The van der Waals surface area contributed by atoms with E-state index in [4.69, 9.17) is 10.5 Å². The zero-order valence-electron chi connectivity index (χ0n) is 12.1. The molecule has 0 atom stereocenters. The van der Waals surface area contributed by atoms with Crippen LogP contribution < -0.4 is 21.1 Å². The minimum Gasteiger partial charge on any atom is -0.495 e. The quantitative estimate of drug-likeness (QED) is 0.758. The Morgan fingerprint density at radius 1 is 1.05 bits per heavy atom. The molecule has 0 unspecified atom stereocenters. The van der Waals surface area contributed by atoms with Crippen LogP contribution in [-0.2, 0) is 4.79 Å². The lowest BCUT2D eigenvalue weighted by atomic mass is 10.1. The largest absolute Gasteiger partial charge is 0.495 e. The minimum atomic E-state index is -0.548. The first-order chi connectivity index (χ1) is 10.6. The van der Waals surface area contributed by atoms with Gasteiger partial charge in [-0.05, 0) is 24.3 Å². The lowest BCUT2D eigenvalue weighted by Crippen LogP contribution is -2.23. The van der Waals surface area contributed by atoms with Crippen LogP contribution in [0.15, 0.2) is 48.5 Å². The maximum atomic E-state index is 12.0. The van der Waals surface area contributed by atoms with Crippen molar-refractivity contribution in [3.05, 3.63) is 54.1 Å². The second-order valence-electron chi connectivity index (χ2n) is 4.51. The second-order valence-corrected chi connectivity index (χ2v) is 4.51. The summed E-state index contributed by atoms with van der Waals surface area (Å²) in [5.74, 6) is -0.231. The van der Waals surface area contributed by atoms with Crippen molar-refractivity contribution in [1.29, 1.82) is 0 Å². The van der Waals surface area contributed by atoms with Crippen molar-refractivity contribution in [1.82, 2.24) is 0 Å². The maximum absolute atomic E-state index is 12.0. The van der Waals surface area contributed by atoms with E-state index in [0.29, 0.717) is 22.7 Å². The number of amides is 2. The third kappa shape index (κ3) is 3.76. The number of para-hydroxylation sites is 3. The number of carbonyl (C=O) groups is 2. The Balaban J connectivity index is 2.00. The number of methoxy groups -OCH3 is 1. The van der Waals surface area contributed by atoms with E-state index in [9.17, 15) is 9.59 Å². The monoisotopic (exact) mass is 299 g/mol. The molecule has 0 heterocycles. The average molecular weight is 299 g/mol. The molecule has 6 nitrogen and oxygen atoms in total. The number of anilines is 2. The Hall–Kier alpha value is -3.02. The molecule has 0 bridgehead atoms. The summed E-state index contributed by atoms with van der Waals surface area (Å²) in [5.41, 5.74) is 6.73. The van der Waals surface area contributed by atoms with Crippen LogP contribution in [0.25, 0.3) is 0 Å². The zero-order chi connectivity index (χ0) is 15.9. The smallest absolute Gasteiger partial charge is 0.250 e. The third-order valence-corrected chi connectivity index (χ3v) is 3.01. The van der Waals surface area contributed by atoms with Gasteiger partial charge in [0.25, 0.3) is 5.91 Å². The number of nitrogens with one attached hydrogen (secondary N) is 2. The summed E-state index contributed by atoms with van der Waals surface area (Å²) in [5, 5.41) is 5.64. The fourth-order valence-corrected chi connectivity index (χ4v) is 1.97. The highest BCUT2D eigenvalue weighted by Crippen LogP contribution is 2.22. The molecule has 2 aromatic rings. The highest BCUT2D eigenvalue weighted by molar-refractivity contribution is 6.00. The molecule has 2 aromatic carbocycles. The predicted octanol–water partition coefficient (Wildman–Crippen LogP) is 1.84. The van der Waals surface area contributed by atoms with Gasteiger partial charge < -0.3 is 21.1 Å². The number of benzene rings is 2. The van der Waals surface area contributed by atoms with Crippen molar-refractivity contribution in [2.24, 2.45) is 5.73 Å². The van der Waals surface area contributed by atoms with Gasteiger partial charge in [-0.2, -0.15) is 0 Å².